The van der Waals surface area contributed by atoms with E-state index in [1.807, 2.05) is 0 Å². The van der Waals surface area contributed by atoms with Crippen LogP contribution in [-0.4, -0.2) is 79.0 Å². The van der Waals surface area contributed by atoms with E-state index in [1.165, 1.54) is 28.6 Å². The molecule has 0 saturated carbocycles. The number of aliphatic hydroxyl groups excluding tert-OH is 2. The molecule has 13 heteroatoms. The maximum absolute atomic E-state index is 12.2. The highest BCUT2D eigenvalue weighted by molar-refractivity contribution is 7.99. The average molecular weight is 461 g/mol. The van der Waals surface area contributed by atoms with Crippen LogP contribution in [0, 0.1) is 0 Å². The minimum Gasteiger partial charge on any atom is -0.480 e. The number of rotatable bonds is 9. The number of aromatic nitrogens is 2. The Hall–Kier alpha value is -2.35. The Kier molecular flexibility index (Phi) is 8.68. The van der Waals surface area contributed by atoms with Crippen molar-refractivity contribution >= 4 is 29.6 Å². The maximum Gasteiger partial charge on any atom is 0.408 e. The predicted octanol–water partition coefficient (Wildman–Crippen LogP) is -0.0355. The molecule has 4 atom stereocenters. The molecule has 0 bridgehead atoms. The zero-order valence-electron chi connectivity index (χ0n) is 17.5. The Morgan fingerprint density at radius 2 is 2.16 bits per heavy atom. The highest BCUT2D eigenvalue weighted by Gasteiger charge is 2.35. The second-order valence-corrected chi connectivity index (χ2v) is 8.88. The molecule has 2 heterocycles. The van der Waals surface area contributed by atoms with Crippen molar-refractivity contribution < 1.29 is 34.4 Å². The van der Waals surface area contributed by atoms with Gasteiger partial charge >= 0.3 is 17.8 Å². The summed E-state index contributed by atoms with van der Waals surface area (Å²) in [5.74, 6) is -0.617. The summed E-state index contributed by atoms with van der Waals surface area (Å²) < 4.78 is 11.7. The van der Waals surface area contributed by atoms with Crippen molar-refractivity contribution in [2.45, 2.75) is 57.3 Å². The van der Waals surface area contributed by atoms with E-state index in [2.05, 4.69) is 15.6 Å². The van der Waals surface area contributed by atoms with Gasteiger partial charge in [0.1, 0.15) is 29.8 Å². The van der Waals surface area contributed by atoms with E-state index in [-0.39, 0.29) is 30.5 Å². The van der Waals surface area contributed by atoms with E-state index >= 15 is 0 Å². The Morgan fingerprint density at radius 1 is 1.45 bits per heavy atom. The summed E-state index contributed by atoms with van der Waals surface area (Å²) in [5.41, 5.74) is -1.34. The van der Waals surface area contributed by atoms with Gasteiger partial charge in [-0.05, 0) is 26.8 Å². The summed E-state index contributed by atoms with van der Waals surface area (Å²) in [6, 6.07) is 0.394. The number of carboxylic acids is 1. The number of ether oxygens (including phenoxy) is 2. The number of carbonyl (C=O) groups is 2. The van der Waals surface area contributed by atoms with Gasteiger partial charge in [-0.25, -0.2) is 14.4 Å². The van der Waals surface area contributed by atoms with Crippen molar-refractivity contribution in [3.8, 4) is 0 Å². The molecule has 0 aromatic carbocycles. The molecule has 174 valence electrons. The number of hydrogen-bond acceptors (Lipinski definition) is 10. The lowest BCUT2D eigenvalue weighted by atomic mass is 10.2. The van der Waals surface area contributed by atoms with Crippen molar-refractivity contribution in [3.05, 3.63) is 22.7 Å². The van der Waals surface area contributed by atoms with Crippen molar-refractivity contribution in [3.63, 3.8) is 0 Å². The van der Waals surface area contributed by atoms with Crippen LogP contribution in [0.3, 0.4) is 0 Å². The maximum atomic E-state index is 12.2. The van der Waals surface area contributed by atoms with Crippen molar-refractivity contribution in [1.29, 1.82) is 0 Å². The van der Waals surface area contributed by atoms with Crippen LogP contribution in [0.4, 0.5) is 10.6 Å². The van der Waals surface area contributed by atoms with Gasteiger partial charge in [0.15, 0.2) is 0 Å². The molecule has 1 aliphatic rings. The summed E-state index contributed by atoms with van der Waals surface area (Å²) in [6.07, 6.45) is -1.53. The molecule has 0 unspecified atom stereocenters. The molecule has 1 aliphatic heterocycles. The SMILES string of the molecule is CC(C)(C)OC(=O)N[C@@H](CSCNc1ccn([C@H]2C[C@H](O)[C@@H](CO)O2)c(=O)n1)C(=O)O. The molecule has 1 fully saturated rings. The van der Waals surface area contributed by atoms with Crippen LogP contribution in [0.5, 0.6) is 0 Å². The van der Waals surface area contributed by atoms with Crippen LogP contribution in [0.15, 0.2) is 17.1 Å². The Balaban J connectivity index is 1.83. The summed E-state index contributed by atoms with van der Waals surface area (Å²) in [7, 11) is 0. The summed E-state index contributed by atoms with van der Waals surface area (Å²) in [5, 5.41) is 33.4. The lowest BCUT2D eigenvalue weighted by molar-refractivity contribution is -0.138. The molecule has 1 saturated heterocycles. The molecule has 2 rings (SSSR count). The van der Waals surface area contributed by atoms with Gasteiger partial charge in [-0.2, -0.15) is 4.98 Å². The first kappa shape index (κ1) is 24.9. The third kappa shape index (κ3) is 7.69. The molecule has 0 spiro atoms. The largest absolute Gasteiger partial charge is 0.480 e. The number of aliphatic hydroxyl groups is 2. The molecular weight excluding hydrogens is 432 g/mol. The Morgan fingerprint density at radius 3 is 2.71 bits per heavy atom. The number of hydrogen-bond donors (Lipinski definition) is 5. The molecule has 0 aliphatic carbocycles. The normalized spacial score (nSPS) is 22.0. The van der Waals surface area contributed by atoms with Gasteiger partial charge in [0.05, 0.1) is 18.6 Å². The lowest BCUT2D eigenvalue weighted by Gasteiger charge is -2.21. The van der Waals surface area contributed by atoms with E-state index in [0.717, 1.165) is 0 Å². The van der Waals surface area contributed by atoms with Crippen LogP contribution in [0.25, 0.3) is 0 Å². The molecule has 1 aromatic rings. The second kappa shape index (κ2) is 10.8. The number of amides is 1. The molecule has 12 nitrogen and oxygen atoms in total. The van der Waals surface area contributed by atoms with Crippen LogP contribution >= 0.6 is 11.8 Å². The van der Waals surface area contributed by atoms with Crippen molar-refractivity contribution in [2.75, 3.05) is 23.6 Å². The van der Waals surface area contributed by atoms with Crippen LogP contribution < -0.4 is 16.3 Å². The zero-order chi connectivity index (χ0) is 23.2. The quantitative estimate of drug-likeness (QED) is 0.247. The van der Waals surface area contributed by atoms with Crippen LogP contribution in [-0.2, 0) is 14.3 Å². The van der Waals surface area contributed by atoms with E-state index in [0.29, 0.717) is 0 Å². The minimum absolute atomic E-state index is 0.0645. The predicted molar refractivity (Wildman–Crippen MR) is 112 cm³/mol. The minimum atomic E-state index is -1.20. The third-order valence-electron chi connectivity index (χ3n) is 4.15. The second-order valence-electron chi connectivity index (χ2n) is 7.85. The first-order valence-corrected chi connectivity index (χ1v) is 10.7. The monoisotopic (exact) mass is 460 g/mol. The fourth-order valence-electron chi connectivity index (χ4n) is 2.71. The van der Waals surface area contributed by atoms with Gasteiger partial charge in [-0.3, -0.25) is 4.57 Å². The van der Waals surface area contributed by atoms with E-state index in [4.69, 9.17) is 14.6 Å². The van der Waals surface area contributed by atoms with Crippen molar-refractivity contribution in [2.24, 2.45) is 0 Å². The molecule has 5 N–H and O–H groups in total. The average Bonchev–Trinajstić information content (AvgIpc) is 3.03. The Bertz CT molecular complexity index is 828. The summed E-state index contributed by atoms with van der Waals surface area (Å²) in [6.45, 7) is 4.67. The third-order valence-corrected chi connectivity index (χ3v) is 5.07. The molecule has 1 amide bonds. The Labute approximate surface area is 183 Å². The van der Waals surface area contributed by atoms with Gasteiger partial charge < -0.3 is 35.4 Å². The number of anilines is 1. The smallest absolute Gasteiger partial charge is 0.408 e. The lowest BCUT2D eigenvalue weighted by Crippen LogP contribution is -2.45. The molecule has 31 heavy (non-hydrogen) atoms. The number of nitrogens with zero attached hydrogens (tertiary/aromatic N) is 2. The van der Waals surface area contributed by atoms with Crippen LogP contribution in [0.1, 0.15) is 33.4 Å². The number of thioether (sulfide) groups is 1. The molecule has 1 aromatic heterocycles. The number of nitrogens with one attached hydrogen (secondary N) is 2. The first-order valence-electron chi connectivity index (χ1n) is 9.57. The molecular formula is C18H28N4O8S. The van der Waals surface area contributed by atoms with Gasteiger partial charge in [-0.1, -0.05) is 0 Å². The number of aliphatic carboxylic acids is 1. The van der Waals surface area contributed by atoms with E-state index in [1.54, 1.807) is 20.8 Å². The van der Waals surface area contributed by atoms with E-state index < -0.39 is 47.8 Å². The van der Waals surface area contributed by atoms with Crippen LogP contribution in [0.2, 0.25) is 0 Å². The van der Waals surface area contributed by atoms with E-state index in [9.17, 15) is 24.6 Å². The van der Waals surface area contributed by atoms with Gasteiger partial charge in [-0.15, -0.1) is 11.8 Å². The summed E-state index contributed by atoms with van der Waals surface area (Å²) in [4.78, 5) is 39.2. The summed E-state index contributed by atoms with van der Waals surface area (Å²) >= 11 is 1.19. The number of alkyl carbamates (subject to hydrolysis) is 1. The standard InChI is InChI=1S/C18H28N4O8S/c1-18(2,3)30-17(28)20-10(15(25)26)8-31-9-19-13-4-5-22(16(27)21-13)14-6-11(24)12(7-23)29-14/h4-5,10-12,14,23-24H,6-9H2,1-3H3,(H,20,28)(H,25,26)(H,19,21,27)/t10-,11-,12+,14+/m0/s1. The van der Waals surface area contributed by atoms with Gasteiger partial charge in [0.25, 0.3) is 0 Å². The first-order chi connectivity index (χ1) is 14.5. The topological polar surface area (TPSA) is 172 Å². The fraction of sp³-hybridized carbons (Fsp3) is 0.667. The van der Waals surface area contributed by atoms with Gasteiger partial charge in [0, 0.05) is 18.4 Å². The van der Waals surface area contributed by atoms with Crippen molar-refractivity contribution in [1.82, 2.24) is 14.9 Å². The van der Waals surface area contributed by atoms with Gasteiger partial charge in [0.2, 0.25) is 0 Å². The highest BCUT2D eigenvalue weighted by atomic mass is 32.2. The fourth-order valence-corrected chi connectivity index (χ4v) is 3.54. The number of carboxylic acid groups (broad SMARTS) is 1. The number of carbonyl (C=O) groups excluding carboxylic acids is 1. The molecule has 0 radical (unpaired) electrons. The highest BCUT2D eigenvalue weighted by Crippen LogP contribution is 2.27. The zero-order valence-corrected chi connectivity index (χ0v) is 18.3.